The van der Waals surface area contributed by atoms with Crippen LogP contribution in [0.4, 0.5) is 5.82 Å². The van der Waals surface area contributed by atoms with Gasteiger partial charge in [0.15, 0.2) is 6.10 Å². The summed E-state index contributed by atoms with van der Waals surface area (Å²) in [4.78, 5) is 24.2. The minimum Gasteiger partial charge on any atom is -0.497 e. The second kappa shape index (κ2) is 9.03. The maximum atomic E-state index is 12.2. The molecular weight excluding hydrogens is 334 g/mol. The fourth-order valence-corrected chi connectivity index (χ4v) is 2.40. The van der Waals surface area contributed by atoms with Gasteiger partial charge in [0.1, 0.15) is 11.6 Å². The van der Waals surface area contributed by atoms with Gasteiger partial charge < -0.3 is 14.8 Å². The van der Waals surface area contributed by atoms with Gasteiger partial charge in [-0.15, -0.1) is 0 Å². The summed E-state index contributed by atoms with van der Waals surface area (Å²) in [5.74, 6) is 0.541. The van der Waals surface area contributed by atoms with Crippen molar-refractivity contribution < 1.29 is 19.1 Å². The van der Waals surface area contributed by atoms with Crippen LogP contribution in [0.15, 0.2) is 36.5 Å². The largest absolute Gasteiger partial charge is 0.497 e. The third-order valence-electron chi connectivity index (χ3n) is 3.87. The van der Waals surface area contributed by atoms with E-state index in [2.05, 4.69) is 10.4 Å². The molecule has 0 radical (unpaired) electrons. The number of carbonyl (C=O) groups excluding carboxylic acids is 2. The van der Waals surface area contributed by atoms with Gasteiger partial charge in [0.2, 0.25) is 0 Å². The third-order valence-corrected chi connectivity index (χ3v) is 3.87. The molecule has 1 aromatic heterocycles. The maximum Gasteiger partial charge on any atom is 0.306 e. The molecule has 0 aliphatic heterocycles. The lowest BCUT2D eigenvalue weighted by Crippen LogP contribution is -2.31. The summed E-state index contributed by atoms with van der Waals surface area (Å²) >= 11 is 0. The molecule has 26 heavy (non-hydrogen) atoms. The van der Waals surface area contributed by atoms with Gasteiger partial charge in [0.25, 0.3) is 5.91 Å². The second-order valence-electron chi connectivity index (χ2n) is 6.22. The number of anilines is 1. The van der Waals surface area contributed by atoms with Gasteiger partial charge in [-0.2, -0.15) is 5.10 Å². The average molecular weight is 359 g/mol. The standard InChI is InChI=1S/C19H25N3O4/c1-13(2)22-17(11-12-20-22)21-19(24)14(3)26-18(23)10-7-15-5-8-16(25-4)9-6-15/h5-6,8-9,11-14H,7,10H2,1-4H3,(H,21,24)/t14-/m0/s1. The number of nitrogens with one attached hydrogen (secondary N) is 1. The van der Waals surface area contributed by atoms with Crippen molar-refractivity contribution in [3.05, 3.63) is 42.1 Å². The highest BCUT2D eigenvalue weighted by Gasteiger charge is 2.19. The molecule has 140 valence electrons. The first-order valence-corrected chi connectivity index (χ1v) is 8.57. The van der Waals surface area contributed by atoms with E-state index in [9.17, 15) is 9.59 Å². The van der Waals surface area contributed by atoms with Gasteiger partial charge in [-0.25, -0.2) is 4.68 Å². The molecule has 1 atom stereocenters. The quantitative estimate of drug-likeness (QED) is 0.733. The Labute approximate surface area is 153 Å². The number of amides is 1. The summed E-state index contributed by atoms with van der Waals surface area (Å²) in [6.45, 7) is 5.48. The van der Waals surface area contributed by atoms with Crippen LogP contribution in [0.25, 0.3) is 0 Å². The van der Waals surface area contributed by atoms with Gasteiger partial charge in [-0.3, -0.25) is 9.59 Å². The molecule has 0 bridgehead atoms. The van der Waals surface area contributed by atoms with E-state index in [0.29, 0.717) is 12.2 Å². The Kier molecular flexibility index (Phi) is 6.77. The molecule has 0 fully saturated rings. The summed E-state index contributed by atoms with van der Waals surface area (Å²) in [6, 6.07) is 9.30. The molecule has 0 unspecified atom stereocenters. The highest BCUT2D eigenvalue weighted by molar-refractivity contribution is 5.94. The summed E-state index contributed by atoms with van der Waals surface area (Å²) in [7, 11) is 1.60. The Bertz CT molecular complexity index is 737. The van der Waals surface area contributed by atoms with E-state index in [4.69, 9.17) is 9.47 Å². The zero-order chi connectivity index (χ0) is 19.1. The molecule has 2 rings (SSSR count). The first-order chi connectivity index (χ1) is 12.4. The number of aryl methyl sites for hydroxylation is 1. The first-order valence-electron chi connectivity index (χ1n) is 8.57. The molecular formula is C19H25N3O4. The first kappa shape index (κ1) is 19.5. The van der Waals surface area contributed by atoms with Crippen molar-refractivity contribution in [2.45, 2.75) is 45.8 Å². The number of carbonyl (C=O) groups is 2. The highest BCUT2D eigenvalue weighted by atomic mass is 16.5. The normalized spacial score (nSPS) is 11.9. The number of aromatic nitrogens is 2. The molecule has 0 aliphatic rings. The fraction of sp³-hybridized carbons (Fsp3) is 0.421. The maximum absolute atomic E-state index is 12.2. The SMILES string of the molecule is COc1ccc(CCC(=O)O[C@@H](C)C(=O)Nc2ccnn2C(C)C)cc1. The van der Waals surface area contributed by atoms with E-state index in [1.165, 1.54) is 0 Å². The van der Waals surface area contributed by atoms with Gasteiger partial charge >= 0.3 is 5.97 Å². The minimum absolute atomic E-state index is 0.114. The Morgan fingerprint density at radius 3 is 2.46 bits per heavy atom. The van der Waals surface area contributed by atoms with Crippen LogP contribution in [0.3, 0.4) is 0 Å². The number of benzene rings is 1. The summed E-state index contributed by atoms with van der Waals surface area (Å²) in [5.41, 5.74) is 1.00. The van der Waals surface area contributed by atoms with E-state index in [0.717, 1.165) is 11.3 Å². The van der Waals surface area contributed by atoms with Crippen molar-refractivity contribution in [3.8, 4) is 5.75 Å². The van der Waals surface area contributed by atoms with Gasteiger partial charge in [0, 0.05) is 18.5 Å². The summed E-state index contributed by atoms with van der Waals surface area (Å²) in [6.07, 6.45) is 1.47. The number of esters is 1. The minimum atomic E-state index is -0.881. The van der Waals surface area contributed by atoms with Crippen LogP contribution in [0, 0.1) is 0 Å². The number of hydrogen-bond acceptors (Lipinski definition) is 5. The van der Waals surface area contributed by atoms with Crippen molar-refractivity contribution in [3.63, 3.8) is 0 Å². The third kappa shape index (κ3) is 5.34. The second-order valence-corrected chi connectivity index (χ2v) is 6.22. The molecule has 0 spiro atoms. The molecule has 1 amide bonds. The van der Waals surface area contributed by atoms with E-state index in [1.54, 1.807) is 31.0 Å². The average Bonchev–Trinajstić information content (AvgIpc) is 3.08. The zero-order valence-electron chi connectivity index (χ0n) is 15.6. The number of ether oxygens (including phenoxy) is 2. The van der Waals surface area contributed by atoms with Crippen molar-refractivity contribution in [1.82, 2.24) is 9.78 Å². The summed E-state index contributed by atoms with van der Waals surface area (Å²) in [5, 5.41) is 6.88. The van der Waals surface area contributed by atoms with Gasteiger partial charge in [-0.05, 0) is 44.9 Å². The van der Waals surface area contributed by atoms with E-state index in [-0.39, 0.29) is 18.4 Å². The summed E-state index contributed by atoms with van der Waals surface area (Å²) < 4.78 is 12.0. The highest BCUT2D eigenvalue weighted by Crippen LogP contribution is 2.15. The van der Waals surface area contributed by atoms with Crippen LogP contribution in [0.5, 0.6) is 5.75 Å². The number of hydrogen-bond donors (Lipinski definition) is 1. The van der Waals surface area contributed by atoms with Crippen LogP contribution in [0.1, 0.15) is 38.8 Å². The molecule has 1 heterocycles. The predicted molar refractivity (Wildman–Crippen MR) is 98.1 cm³/mol. The molecule has 0 saturated carbocycles. The lowest BCUT2D eigenvalue weighted by Gasteiger charge is -2.15. The lowest BCUT2D eigenvalue weighted by atomic mass is 10.1. The molecule has 1 N–H and O–H groups in total. The van der Waals surface area contributed by atoms with Crippen LogP contribution < -0.4 is 10.1 Å². The molecule has 7 nitrogen and oxygen atoms in total. The number of methoxy groups -OCH3 is 1. The molecule has 0 aliphatic carbocycles. The van der Waals surface area contributed by atoms with Crippen LogP contribution >= 0.6 is 0 Å². The molecule has 0 saturated heterocycles. The number of nitrogens with zero attached hydrogens (tertiary/aromatic N) is 2. The molecule has 1 aromatic carbocycles. The Morgan fingerprint density at radius 1 is 1.15 bits per heavy atom. The number of rotatable bonds is 8. The van der Waals surface area contributed by atoms with Crippen LogP contribution in [0.2, 0.25) is 0 Å². The van der Waals surface area contributed by atoms with E-state index < -0.39 is 12.1 Å². The monoisotopic (exact) mass is 359 g/mol. The molecule has 2 aromatic rings. The van der Waals surface area contributed by atoms with Gasteiger partial charge in [0.05, 0.1) is 13.3 Å². The predicted octanol–water partition coefficient (Wildman–Crippen LogP) is 2.98. The van der Waals surface area contributed by atoms with Crippen LogP contribution in [-0.4, -0.2) is 34.9 Å². The lowest BCUT2D eigenvalue weighted by molar-refractivity contribution is -0.153. The fourth-order valence-electron chi connectivity index (χ4n) is 2.40. The smallest absolute Gasteiger partial charge is 0.306 e. The Morgan fingerprint density at radius 2 is 1.85 bits per heavy atom. The Balaban J connectivity index is 1.81. The Hall–Kier alpha value is -2.83. The van der Waals surface area contributed by atoms with Crippen molar-refractivity contribution in [1.29, 1.82) is 0 Å². The van der Waals surface area contributed by atoms with Gasteiger partial charge in [-0.1, -0.05) is 12.1 Å². The van der Waals surface area contributed by atoms with E-state index >= 15 is 0 Å². The molecule has 7 heteroatoms. The topological polar surface area (TPSA) is 82.4 Å². The van der Waals surface area contributed by atoms with Crippen LogP contribution in [-0.2, 0) is 20.7 Å². The van der Waals surface area contributed by atoms with Crippen molar-refractivity contribution in [2.24, 2.45) is 0 Å². The van der Waals surface area contributed by atoms with Crippen molar-refractivity contribution >= 4 is 17.7 Å². The van der Waals surface area contributed by atoms with E-state index in [1.807, 2.05) is 38.1 Å². The zero-order valence-corrected chi connectivity index (χ0v) is 15.6. The van der Waals surface area contributed by atoms with Crippen molar-refractivity contribution in [2.75, 3.05) is 12.4 Å².